The van der Waals surface area contributed by atoms with Crippen molar-refractivity contribution in [2.45, 2.75) is 19.1 Å². The first-order valence-electron chi connectivity index (χ1n) is 8.50. The van der Waals surface area contributed by atoms with E-state index in [0.29, 0.717) is 17.2 Å². The number of nitrogens with two attached hydrogens (primary N) is 1. The fraction of sp³-hybridized carbons (Fsp3) is 0.167. The first-order valence-corrected chi connectivity index (χ1v) is 8.87. The summed E-state index contributed by atoms with van der Waals surface area (Å²) in [5.41, 5.74) is 5.61. The first kappa shape index (κ1) is 21.2. The molecule has 0 saturated heterocycles. The van der Waals surface area contributed by atoms with Gasteiger partial charge in [0.05, 0.1) is 17.3 Å². The van der Waals surface area contributed by atoms with Crippen molar-refractivity contribution in [2.24, 2.45) is 0 Å². The molecule has 8 nitrogen and oxygen atoms in total. The minimum atomic E-state index is -4.40. The van der Waals surface area contributed by atoms with E-state index in [9.17, 15) is 18.0 Å². The summed E-state index contributed by atoms with van der Waals surface area (Å²) < 4.78 is 37.8. The van der Waals surface area contributed by atoms with Crippen molar-refractivity contribution < 1.29 is 18.0 Å². The van der Waals surface area contributed by atoms with Crippen LogP contribution in [0.3, 0.4) is 0 Å². The van der Waals surface area contributed by atoms with Crippen LogP contribution >= 0.6 is 11.6 Å². The summed E-state index contributed by atoms with van der Waals surface area (Å²) in [6.07, 6.45) is -3.27. The van der Waals surface area contributed by atoms with Crippen LogP contribution in [0.1, 0.15) is 34.7 Å². The number of hydrogen-bond acceptors (Lipinski definition) is 7. The molecule has 3 rings (SSSR count). The smallest absolute Gasteiger partial charge is 0.382 e. The lowest BCUT2D eigenvalue weighted by Crippen LogP contribution is -2.28. The molecule has 0 bridgehead atoms. The Morgan fingerprint density at radius 3 is 2.40 bits per heavy atom. The van der Waals surface area contributed by atoms with Gasteiger partial charge in [0.1, 0.15) is 17.2 Å². The Labute approximate surface area is 173 Å². The fourth-order valence-corrected chi connectivity index (χ4v) is 2.59. The highest BCUT2D eigenvalue weighted by atomic mass is 35.5. The van der Waals surface area contributed by atoms with E-state index in [4.69, 9.17) is 17.3 Å². The van der Waals surface area contributed by atoms with Gasteiger partial charge in [-0.25, -0.2) is 9.97 Å². The van der Waals surface area contributed by atoms with Crippen LogP contribution in [0.4, 0.5) is 30.5 Å². The lowest BCUT2D eigenvalue weighted by Gasteiger charge is -2.14. The molecule has 3 aromatic rings. The van der Waals surface area contributed by atoms with E-state index in [1.54, 1.807) is 19.1 Å². The molecule has 0 aliphatic rings. The van der Waals surface area contributed by atoms with Gasteiger partial charge in [-0.2, -0.15) is 18.3 Å². The van der Waals surface area contributed by atoms with Crippen LogP contribution in [0, 0.1) is 0 Å². The van der Waals surface area contributed by atoms with E-state index in [1.165, 1.54) is 12.1 Å². The normalized spacial score (nSPS) is 12.3. The van der Waals surface area contributed by atoms with E-state index in [2.05, 4.69) is 30.8 Å². The number of benzene rings is 1. The number of hydrogen-bond donors (Lipinski definition) is 3. The van der Waals surface area contributed by atoms with E-state index < -0.39 is 23.7 Å². The summed E-state index contributed by atoms with van der Waals surface area (Å²) in [6, 6.07) is 7.17. The van der Waals surface area contributed by atoms with Crippen LogP contribution in [0.5, 0.6) is 0 Å². The second-order valence-corrected chi connectivity index (χ2v) is 6.54. The topological polar surface area (TPSA) is 119 Å². The Balaban J connectivity index is 1.65. The van der Waals surface area contributed by atoms with Gasteiger partial charge in [-0.3, -0.25) is 4.79 Å². The van der Waals surface area contributed by atoms with Crippen LogP contribution in [0.25, 0.3) is 0 Å². The molecule has 2 aromatic heterocycles. The zero-order valence-electron chi connectivity index (χ0n) is 15.4. The third kappa shape index (κ3) is 4.92. The van der Waals surface area contributed by atoms with Gasteiger partial charge < -0.3 is 16.4 Å². The lowest BCUT2D eigenvalue weighted by atomic mass is 10.2. The van der Waals surface area contributed by atoms with Crippen molar-refractivity contribution in [3.63, 3.8) is 0 Å². The number of anilines is 3. The van der Waals surface area contributed by atoms with Crippen LogP contribution < -0.4 is 16.4 Å². The van der Waals surface area contributed by atoms with Crippen molar-refractivity contribution in [2.75, 3.05) is 11.1 Å². The largest absolute Gasteiger partial charge is 0.416 e. The van der Waals surface area contributed by atoms with Crippen molar-refractivity contribution in [3.8, 4) is 0 Å². The van der Waals surface area contributed by atoms with Gasteiger partial charge in [-0.15, -0.1) is 5.10 Å². The Morgan fingerprint density at radius 2 is 1.80 bits per heavy atom. The highest BCUT2D eigenvalue weighted by Crippen LogP contribution is 2.30. The van der Waals surface area contributed by atoms with Crippen LogP contribution in [-0.2, 0) is 6.18 Å². The number of alkyl halides is 3. The van der Waals surface area contributed by atoms with E-state index in [-0.39, 0.29) is 16.5 Å². The van der Waals surface area contributed by atoms with Crippen LogP contribution in [0.15, 0.2) is 42.7 Å². The molecular formula is C18H15ClF3N7O. The summed E-state index contributed by atoms with van der Waals surface area (Å²) in [7, 11) is 0. The van der Waals surface area contributed by atoms with Gasteiger partial charge >= 0.3 is 6.18 Å². The zero-order valence-corrected chi connectivity index (χ0v) is 16.2. The van der Waals surface area contributed by atoms with Crippen molar-refractivity contribution in [1.29, 1.82) is 0 Å². The molecule has 12 heteroatoms. The molecule has 1 amide bonds. The number of carbonyl (C=O) groups excluding carboxylic acids is 1. The summed E-state index contributed by atoms with van der Waals surface area (Å²) in [4.78, 5) is 19.8. The molecule has 1 aromatic carbocycles. The van der Waals surface area contributed by atoms with Crippen molar-refractivity contribution >= 4 is 34.8 Å². The fourth-order valence-electron chi connectivity index (χ4n) is 2.41. The molecule has 0 aliphatic carbocycles. The molecule has 0 radical (unpaired) electrons. The van der Waals surface area contributed by atoms with E-state index >= 15 is 0 Å². The number of nitrogens with one attached hydrogen (secondary N) is 2. The number of halogens is 4. The molecule has 30 heavy (non-hydrogen) atoms. The number of nitrogens with zero attached hydrogens (tertiary/aromatic N) is 4. The maximum absolute atomic E-state index is 12.6. The summed E-state index contributed by atoms with van der Waals surface area (Å²) in [6.45, 7) is 1.68. The molecule has 2 heterocycles. The van der Waals surface area contributed by atoms with E-state index in [1.807, 2.05) is 0 Å². The quantitative estimate of drug-likeness (QED) is 0.556. The van der Waals surface area contributed by atoms with Crippen molar-refractivity contribution in [1.82, 2.24) is 25.5 Å². The third-order valence-corrected chi connectivity index (χ3v) is 4.37. The monoisotopic (exact) mass is 437 g/mol. The predicted molar refractivity (Wildman–Crippen MR) is 104 cm³/mol. The molecule has 1 unspecified atom stereocenters. The standard InChI is InChI=1S/C18H15ClF3N7O/c1-9(26-17(30)15-14(19)16(23)25-8-24-15)12-6-7-13(29-28-12)27-11-4-2-10(3-5-11)18(20,21)22/h2-9H,1H3,(H,26,30)(H,27,29)(H2,23,24,25). The average molecular weight is 438 g/mol. The Morgan fingerprint density at radius 1 is 1.10 bits per heavy atom. The number of aromatic nitrogens is 4. The molecule has 1 atom stereocenters. The van der Waals surface area contributed by atoms with Crippen LogP contribution in [-0.4, -0.2) is 26.1 Å². The average Bonchev–Trinajstić information content (AvgIpc) is 2.70. The predicted octanol–water partition coefficient (Wildman–Crippen LogP) is 3.76. The lowest BCUT2D eigenvalue weighted by molar-refractivity contribution is -0.137. The van der Waals surface area contributed by atoms with Gasteiger partial charge in [-0.05, 0) is 43.3 Å². The molecular weight excluding hydrogens is 423 g/mol. The minimum Gasteiger partial charge on any atom is -0.382 e. The third-order valence-electron chi connectivity index (χ3n) is 3.99. The van der Waals surface area contributed by atoms with Crippen molar-refractivity contribution in [3.05, 3.63) is 64.7 Å². The highest BCUT2D eigenvalue weighted by molar-refractivity contribution is 6.35. The first-order chi connectivity index (χ1) is 14.1. The Bertz CT molecular complexity index is 1040. The second-order valence-electron chi connectivity index (χ2n) is 6.16. The summed E-state index contributed by atoms with van der Waals surface area (Å²) in [5, 5.41) is 13.5. The number of rotatable bonds is 5. The number of nitrogen functional groups attached to an aromatic ring is 1. The van der Waals surface area contributed by atoms with Gasteiger partial charge in [0, 0.05) is 5.69 Å². The SMILES string of the molecule is CC(NC(=O)c1ncnc(N)c1Cl)c1ccc(Nc2ccc(C(F)(F)F)cc2)nn1. The molecule has 0 saturated carbocycles. The van der Waals surface area contributed by atoms with Gasteiger partial charge in [0.2, 0.25) is 0 Å². The molecule has 0 fully saturated rings. The number of amides is 1. The Kier molecular flexibility index (Phi) is 6.01. The maximum Gasteiger partial charge on any atom is 0.416 e. The molecule has 0 aliphatic heterocycles. The number of carbonyl (C=O) groups is 1. The maximum atomic E-state index is 12.6. The summed E-state index contributed by atoms with van der Waals surface area (Å²) in [5.74, 6) is -0.248. The second kappa shape index (κ2) is 8.49. The Hall–Kier alpha value is -3.47. The van der Waals surface area contributed by atoms with Gasteiger partial charge in [0.15, 0.2) is 11.5 Å². The molecule has 156 valence electrons. The summed E-state index contributed by atoms with van der Waals surface area (Å²) >= 11 is 5.94. The van der Waals surface area contributed by atoms with Gasteiger partial charge in [-0.1, -0.05) is 11.6 Å². The zero-order chi connectivity index (χ0) is 21.9. The van der Waals surface area contributed by atoms with E-state index in [0.717, 1.165) is 18.5 Å². The van der Waals surface area contributed by atoms with Gasteiger partial charge in [0.25, 0.3) is 5.91 Å². The highest BCUT2D eigenvalue weighted by Gasteiger charge is 2.29. The van der Waals surface area contributed by atoms with Crippen LogP contribution in [0.2, 0.25) is 5.02 Å². The molecule has 0 spiro atoms. The minimum absolute atomic E-state index is 0.0112. The molecule has 4 N–H and O–H groups in total.